The minimum atomic E-state index is 0.0558. The Morgan fingerprint density at radius 2 is 1.58 bits per heavy atom. The summed E-state index contributed by atoms with van der Waals surface area (Å²) in [7, 11) is 0. The molecule has 0 unspecified atom stereocenters. The summed E-state index contributed by atoms with van der Waals surface area (Å²) in [5.41, 5.74) is 2.87. The molecule has 0 N–H and O–H groups in total. The van der Waals surface area contributed by atoms with Crippen LogP contribution in [0.2, 0.25) is 0 Å². The highest BCUT2D eigenvalue weighted by molar-refractivity contribution is 5.23. The van der Waals surface area contributed by atoms with E-state index >= 15 is 0 Å². The van der Waals surface area contributed by atoms with Crippen molar-refractivity contribution >= 4 is 0 Å². The summed E-state index contributed by atoms with van der Waals surface area (Å²) in [5.74, 6) is 2.14. The van der Waals surface area contributed by atoms with Gasteiger partial charge in [0.2, 0.25) is 5.89 Å². The monoisotopic (exact) mass is 417 g/mol. The lowest BCUT2D eigenvalue weighted by Crippen LogP contribution is -2.41. The molecule has 0 bridgehead atoms. The molecule has 2 atom stereocenters. The van der Waals surface area contributed by atoms with Gasteiger partial charge in [0.25, 0.3) is 0 Å². The zero-order valence-corrected chi connectivity index (χ0v) is 19.1. The predicted molar refractivity (Wildman–Crippen MR) is 125 cm³/mol. The second kappa shape index (κ2) is 9.78. The molecular weight excluding hydrogens is 382 g/mol. The normalized spacial score (nSPS) is 19.7. The van der Waals surface area contributed by atoms with Crippen LogP contribution in [0.1, 0.15) is 81.3 Å². The second-order valence-electron chi connectivity index (χ2n) is 9.78. The molecule has 0 saturated carbocycles. The molecule has 0 aliphatic carbocycles. The molecule has 3 aromatic rings. The average molecular weight is 418 g/mol. The lowest BCUT2D eigenvalue weighted by molar-refractivity contribution is 0.100. The zero-order chi connectivity index (χ0) is 21.7. The predicted octanol–water partition coefficient (Wildman–Crippen LogP) is 6.35. The number of nitrogens with zero attached hydrogens (tertiary/aromatic N) is 3. The molecule has 4 rings (SSSR count). The quantitative estimate of drug-likeness (QED) is 0.400. The van der Waals surface area contributed by atoms with Crippen molar-refractivity contribution in [2.75, 3.05) is 6.54 Å². The third-order valence-corrected chi connectivity index (χ3v) is 6.41. The fraction of sp³-hybridized carbons (Fsp3) is 0.481. The highest BCUT2D eigenvalue weighted by Gasteiger charge is 2.42. The first-order chi connectivity index (χ1) is 15.0. The molecular formula is C27H35N3O. The van der Waals surface area contributed by atoms with Gasteiger partial charge in [0.05, 0.1) is 6.04 Å². The van der Waals surface area contributed by atoms with Crippen molar-refractivity contribution in [2.45, 2.75) is 76.8 Å². The molecule has 0 spiro atoms. The molecule has 2 heterocycles. The number of rotatable bonds is 8. The van der Waals surface area contributed by atoms with Crippen LogP contribution in [0, 0.1) is 0 Å². The molecule has 2 aromatic carbocycles. The Morgan fingerprint density at radius 3 is 2.29 bits per heavy atom. The maximum atomic E-state index is 5.78. The van der Waals surface area contributed by atoms with Crippen LogP contribution in [0.4, 0.5) is 0 Å². The first kappa shape index (κ1) is 21.8. The molecule has 0 amide bonds. The second-order valence-corrected chi connectivity index (χ2v) is 9.78. The van der Waals surface area contributed by atoms with E-state index in [0.717, 1.165) is 43.9 Å². The molecule has 4 nitrogen and oxygen atoms in total. The van der Waals surface area contributed by atoms with Crippen molar-refractivity contribution in [1.29, 1.82) is 0 Å². The fourth-order valence-corrected chi connectivity index (χ4v) is 4.72. The summed E-state index contributed by atoms with van der Waals surface area (Å²) in [6, 6.07) is 21.7. The molecule has 164 valence electrons. The van der Waals surface area contributed by atoms with Gasteiger partial charge in [-0.15, -0.1) is 0 Å². The van der Waals surface area contributed by atoms with Gasteiger partial charge in [-0.1, -0.05) is 72.2 Å². The molecule has 4 heteroatoms. The average Bonchev–Trinajstić information content (AvgIpc) is 3.42. The standard InChI is InChI=1S/C27H35N3O/c1-27(2,3)30-20-23(22-16-10-6-11-17-22)19-24(30)26-28-25(29-31-26)18-12-5-9-15-21-13-7-4-8-14-21/h4,6-8,10-11,13-14,16-17,23-24H,5,9,12,15,18-20H2,1-3H3/t23-,24+/m1/s1. The van der Waals surface area contributed by atoms with E-state index in [1.807, 2.05) is 0 Å². The summed E-state index contributed by atoms with van der Waals surface area (Å²) < 4.78 is 5.78. The summed E-state index contributed by atoms with van der Waals surface area (Å²) in [4.78, 5) is 7.35. The maximum absolute atomic E-state index is 5.78. The van der Waals surface area contributed by atoms with E-state index in [2.05, 4.69) is 91.5 Å². The third-order valence-electron chi connectivity index (χ3n) is 6.41. The number of unbranched alkanes of at least 4 members (excludes halogenated alkanes) is 2. The van der Waals surface area contributed by atoms with Crippen LogP contribution < -0.4 is 0 Å². The van der Waals surface area contributed by atoms with E-state index in [1.165, 1.54) is 24.0 Å². The fourth-order valence-electron chi connectivity index (χ4n) is 4.72. The van der Waals surface area contributed by atoms with Crippen LogP contribution in [0.3, 0.4) is 0 Å². The highest BCUT2D eigenvalue weighted by Crippen LogP contribution is 2.43. The van der Waals surface area contributed by atoms with Crippen molar-refractivity contribution in [2.24, 2.45) is 0 Å². The lowest BCUT2D eigenvalue weighted by Gasteiger charge is -2.35. The summed E-state index contributed by atoms with van der Waals surface area (Å²) in [6.45, 7) is 7.85. The number of aromatic nitrogens is 2. The minimum absolute atomic E-state index is 0.0558. The van der Waals surface area contributed by atoms with Crippen LogP contribution in [0.5, 0.6) is 0 Å². The van der Waals surface area contributed by atoms with Gasteiger partial charge in [-0.2, -0.15) is 4.98 Å². The van der Waals surface area contributed by atoms with Gasteiger partial charge in [0.1, 0.15) is 0 Å². The van der Waals surface area contributed by atoms with Crippen molar-refractivity contribution < 1.29 is 4.52 Å². The first-order valence-electron chi connectivity index (χ1n) is 11.7. The van der Waals surface area contributed by atoms with E-state index in [-0.39, 0.29) is 11.6 Å². The van der Waals surface area contributed by atoms with Crippen LogP contribution >= 0.6 is 0 Å². The minimum Gasteiger partial charge on any atom is -0.338 e. The molecule has 31 heavy (non-hydrogen) atoms. The number of aryl methyl sites for hydroxylation is 2. The van der Waals surface area contributed by atoms with Crippen molar-refractivity contribution in [3.05, 3.63) is 83.5 Å². The Balaban J connectivity index is 1.34. The van der Waals surface area contributed by atoms with Gasteiger partial charge < -0.3 is 4.52 Å². The Labute approximate surface area is 186 Å². The van der Waals surface area contributed by atoms with Crippen molar-refractivity contribution in [1.82, 2.24) is 15.0 Å². The molecule has 1 aliphatic heterocycles. The smallest absolute Gasteiger partial charge is 0.244 e. The summed E-state index contributed by atoms with van der Waals surface area (Å²) >= 11 is 0. The van der Waals surface area contributed by atoms with Gasteiger partial charge in [-0.05, 0) is 63.5 Å². The zero-order valence-electron chi connectivity index (χ0n) is 19.1. The summed E-state index contributed by atoms with van der Waals surface area (Å²) in [5, 5.41) is 4.32. The molecule has 0 radical (unpaired) electrons. The SMILES string of the molecule is CC(C)(C)N1C[C@H](c2ccccc2)C[C@H]1c1nc(CCCCCc2ccccc2)no1. The van der Waals surface area contributed by atoms with Gasteiger partial charge in [0, 0.05) is 18.5 Å². The number of hydrogen-bond acceptors (Lipinski definition) is 4. The van der Waals surface area contributed by atoms with Crippen LogP contribution in [-0.2, 0) is 12.8 Å². The topological polar surface area (TPSA) is 42.2 Å². The van der Waals surface area contributed by atoms with Crippen LogP contribution in [0.15, 0.2) is 65.2 Å². The molecule has 1 aliphatic rings. The highest BCUT2D eigenvalue weighted by atomic mass is 16.5. The lowest BCUT2D eigenvalue weighted by atomic mass is 9.96. The number of likely N-dealkylation sites (tertiary alicyclic amines) is 1. The van der Waals surface area contributed by atoms with E-state index < -0.39 is 0 Å². The Morgan fingerprint density at radius 1 is 0.903 bits per heavy atom. The van der Waals surface area contributed by atoms with Crippen molar-refractivity contribution in [3.63, 3.8) is 0 Å². The third kappa shape index (κ3) is 5.62. The Hall–Kier alpha value is -2.46. The van der Waals surface area contributed by atoms with Crippen LogP contribution in [-0.4, -0.2) is 27.1 Å². The van der Waals surface area contributed by atoms with Gasteiger partial charge >= 0.3 is 0 Å². The summed E-state index contributed by atoms with van der Waals surface area (Å²) in [6.07, 6.45) is 6.55. The molecule has 1 aromatic heterocycles. The van der Waals surface area contributed by atoms with E-state index in [1.54, 1.807) is 0 Å². The van der Waals surface area contributed by atoms with E-state index in [0.29, 0.717) is 5.92 Å². The van der Waals surface area contributed by atoms with E-state index in [9.17, 15) is 0 Å². The largest absolute Gasteiger partial charge is 0.338 e. The number of benzene rings is 2. The molecule has 1 saturated heterocycles. The van der Waals surface area contributed by atoms with Gasteiger partial charge in [-0.25, -0.2) is 0 Å². The Bertz CT molecular complexity index is 930. The van der Waals surface area contributed by atoms with Crippen molar-refractivity contribution in [3.8, 4) is 0 Å². The maximum Gasteiger partial charge on any atom is 0.244 e. The van der Waals surface area contributed by atoms with Gasteiger partial charge in [0.15, 0.2) is 5.82 Å². The first-order valence-corrected chi connectivity index (χ1v) is 11.7. The van der Waals surface area contributed by atoms with Gasteiger partial charge in [-0.3, -0.25) is 4.90 Å². The van der Waals surface area contributed by atoms with E-state index in [4.69, 9.17) is 9.51 Å². The molecule has 1 fully saturated rings. The van der Waals surface area contributed by atoms with Crippen LogP contribution in [0.25, 0.3) is 0 Å². The number of hydrogen-bond donors (Lipinski definition) is 0. The Kier molecular flexibility index (Phi) is 6.86.